The number of nitrogens with zero attached hydrogens (tertiary/aromatic N) is 3. The second-order valence-electron chi connectivity index (χ2n) is 4.48. The normalized spacial score (nSPS) is 15.4. The van der Waals surface area contributed by atoms with Crippen LogP contribution in [0, 0.1) is 0 Å². The van der Waals surface area contributed by atoms with E-state index in [1.54, 1.807) is 11.1 Å². The molecule has 1 aromatic heterocycles. The van der Waals surface area contributed by atoms with Gasteiger partial charge in [0.15, 0.2) is 0 Å². The van der Waals surface area contributed by atoms with Crippen molar-refractivity contribution in [3.63, 3.8) is 0 Å². The predicted molar refractivity (Wildman–Crippen MR) is 74.5 cm³/mol. The van der Waals surface area contributed by atoms with E-state index in [2.05, 4.69) is 23.7 Å². The number of rotatable bonds is 4. The lowest BCUT2D eigenvalue weighted by Crippen LogP contribution is -2.41. The van der Waals surface area contributed by atoms with Crippen molar-refractivity contribution >= 4 is 11.6 Å². The highest BCUT2D eigenvalue weighted by atomic mass is 16.5. The van der Waals surface area contributed by atoms with Gasteiger partial charge >= 0.3 is 0 Å². The SMILES string of the molecule is CCN(CC)c1ccc(C(=O)N2CCOCC2)nc1. The van der Waals surface area contributed by atoms with E-state index in [1.165, 1.54) is 0 Å². The maximum absolute atomic E-state index is 12.2. The molecular weight excluding hydrogens is 242 g/mol. The molecule has 5 heteroatoms. The van der Waals surface area contributed by atoms with Gasteiger partial charge < -0.3 is 14.5 Å². The Kier molecular flexibility index (Phi) is 4.74. The van der Waals surface area contributed by atoms with E-state index in [0.717, 1.165) is 18.8 Å². The van der Waals surface area contributed by atoms with E-state index in [9.17, 15) is 4.79 Å². The van der Waals surface area contributed by atoms with E-state index >= 15 is 0 Å². The number of hydrogen-bond acceptors (Lipinski definition) is 4. The molecule has 0 saturated carbocycles. The maximum atomic E-state index is 12.2. The van der Waals surface area contributed by atoms with Gasteiger partial charge in [-0.05, 0) is 26.0 Å². The zero-order valence-electron chi connectivity index (χ0n) is 11.6. The number of amides is 1. The fourth-order valence-electron chi connectivity index (χ4n) is 2.22. The largest absolute Gasteiger partial charge is 0.378 e. The number of pyridine rings is 1. The quantitative estimate of drug-likeness (QED) is 0.824. The molecule has 1 aliphatic rings. The Morgan fingerprint density at radius 1 is 1.32 bits per heavy atom. The van der Waals surface area contributed by atoms with Crippen molar-refractivity contribution in [1.29, 1.82) is 0 Å². The number of anilines is 1. The fraction of sp³-hybridized carbons (Fsp3) is 0.571. The number of ether oxygens (including phenoxy) is 1. The molecule has 0 aromatic carbocycles. The van der Waals surface area contributed by atoms with Crippen molar-refractivity contribution in [2.24, 2.45) is 0 Å². The van der Waals surface area contributed by atoms with Crippen LogP contribution in [0.15, 0.2) is 18.3 Å². The van der Waals surface area contributed by atoms with Gasteiger partial charge in [-0.15, -0.1) is 0 Å². The highest BCUT2D eigenvalue weighted by molar-refractivity contribution is 5.92. The highest BCUT2D eigenvalue weighted by Gasteiger charge is 2.19. The van der Waals surface area contributed by atoms with Crippen LogP contribution in [0.4, 0.5) is 5.69 Å². The summed E-state index contributed by atoms with van der Waals surface area (Å²) in [5.74, 6) is -0.00519. The van der Waals surface area contributed by atoms with Crippen LogP contribution >= 0.6 is 0 Å². The molecule has 0 aliphatic carbocycles. The average molecular weight is 263 g/mol. The van der Waals surface area contributed by atoms with Gasteiger partial charge in [0.05, 0.1) is 25.1 Å². The molecular formula is C14H21N3O2. The average Bonchev–Trinajstić information content (AvgIpc) is 2.49. The molecule has 2 heterocycles. The van der Waals surface area contributed by atoms with Crippen LogP contribution < -0.4 is 4.90 Å². The van der Waals surface area contributed by atoms with E-state index in [-0.39, 0.29) is 5.91 Å². The molecule has 1 aliphatic heterocycles. The minimum atomic E-state index is -0.00519. The van der Waals surface area contributed by atoms with Crippen LogP contribution in [0.1, 0.15) is 24.3 Å². The van der Waals surface area contributed by atoms with Crippen molar-refractivity contribution in [3.05, 3.63) is 24.0 Å². The Hall–Kier alpha value is -1.62. The van der Waals surface area contributed by atoms with Crippen LogP contribution in [-0.2, 0) is 4.74 Å². The number of aromatic nitrogens is 1. The highest BCUT2D eigenvalue weighted by Crippen LogP contribution is 2.14. The van der Waals surface area contributed by atoms with Crippen molar-refractivity contribution in [2.45, 2.75) is 13.8 Å². The van der Waals surface area contributed by atoms with E-state index in [0.29, 0.717) is 32.0 Å². The Balaban J connectivity index is 2.06. The zero-order valence-corrected chi connectivity index (χ0v) is 11.6. The Bertz CT molecular complexity index is 409. The summed E-state index contributed by atoms with van der Waals surface area (Å²) in [6, 6.07) is 3.78. The summed E-state index contributed by atoms with van der Waals surface area (Å²) in [6.07, 6.45) is 1.78. The van der Waals surface area contributed by atoms with E-state index < -0.39 is 0 Å². The molecule has 0 N–H and O–H groups in total. The maximum Gasteiger partial charge on any atom is 0.272 e. The topological polar surface area (TPSA) is 45.7 Å². The number of morpholine rings is 1. The van der Waals surface area contributed by atoms with Gasteiger partial charge in [0, 0.05) is 26.2 Å². The first kappa shape index (κ1) is 13.8. The smallest absolute Gasteiger partial charge is 0.272 e. The summed E-state index contributed by atoms with van der Waals surface area (Å²) in [5.41, 5.74) is 1.57. The van der Waals surface area contributed by atoms with Crippen LogP contribution in [0.25, 0.3) is 0 Å². The molecule has 1 aromatic rings. The number of hydrogen-bond donors (Lipinski definition) is 0. The Morgan fingerprint density at radius 3 is 2.53 bits per heavy atom. The van der Waals surface area contributed by atoms with Gasteiger partial charge in [0.1, 0.15) is 5.69 Å². The summed E-state index contributed by atoms with van der Waals surface area (Å²) < 4.78 is 5.24. The third-order valence-electron chi connectivity index (χ3n) is 3.39. The minimum Gasteiger partial charge on any atom is -0.378 e. The Morgan fingerprint density at radius 2 is 2.00 bits per heavy atom. The van der Waals surface area contributed by atoms with Gasteiger partial charge in [-0.1, -0.05) is 0 Å². The number of carbonyl (C=O) groups excluding carboxylic acids is 1. The van der Waals surface area contributed by atoms with Crippen LogP contribution in [0.2, 0.25) is 0 Å². The van der Waals surface area contributed by atoms with E-state index in [4.69, 9.17) is 4.74 Å². The lowest BCUT2D eigenvalue weighted by atomic mass is 10.2. The molecule has 0 atom stereocenters. The molecule has 1 amide bonds. The minimum absolute atomic E-state index is 0.00519. The summed E-state index contributed by atoms with van der Waals surface area (Å²) in [7, 11) is 0. The van der Waals surface area contributed by atoms with Crippen LogP contribution in [-0.4, -0.2) is 55.2 Å². The van der Waals surface area contributed by atoms with Crippen molar-refractivity contribution in [2.75, 3.05) is 44.3 Å². The van der Waals surface area contributed by atoms with Gasteiger partial charge in [0.25, 0.3) is 5.91 Å². The first-order valence-corrected chi connectivity index (χ1v) is 6.84. The van der Waals surface area contributed by atoms with Crippen molar-refractivity contribution in [3.8, 4) is 0 Å². The molecule has 19 heavy (non-hydrogen) atoms. The lowest BCUT2D eigenvalue weighted by Gasteiger charge is -2.26. The summed E-state index contributed by atoms with van der Waals surface area (Å²) >= 11 is 0. The first-order chi connectivity index (χ1) is 9.26. The van der Waals surface area contributed by atoms with Crippen molar-refractivity contribution in [1.82, 2.24) is 9.88 Å². The standard InChI is InChI=1S/C14H21N3O2/c1-3-16(4-2)12-5-6-13(15-11-12)14(18)17-7-9-19-10-8-17/h5-6,11H,3-4,7-10H2,1-2H3. The van der Waals surface area contributed by atoms with Crippen molar-refractivity contribution < 1.29 is 9.53 Å². The van der Waals surface area contributed by atoms with Gasteiger partial charge in [-0.2, -0.15) is 0 Å². The third-order valence-corrected chi connectivity index (χ3v) is 3.39. The summed E-state index contributed by atoms with van der Waals surface area (Å²) in [6.45, 7) is 8.62. The molecule has 1 fully saturated rings. The number of carbonyl (C=O) groups is 1. The molecule has 2 rings (SSSR count). The third kappa shape index (κ3) is 3.23. The summed E-state index contributed by atoms with van der Waals surface area (Å²) in [5, 5.41) is 0. The van der Waals surface area contributed by atoms with Gasteiger partial charge in [0.2, 0.25) is 0 Å². The fourth-order valence-corrected chi connectivity index (χ4v) is 2.22. The molecule has 5 nitrogen and oxygen atoms in total. The second-order valence-corrected chi connectivity index (χ2v) is 4.48. The monoisotopic (exact) mass is 263 g/mol. The second kappa shape index (κ2) is 6.52. The zero-order chi connectivity index (χ0) is 13.7. The summed E-state index contributed by atoms with van der Waals surface area (Å²) in [4.78, 5) is 20.5. The Labute approximate surface area is 114 Å². The van der Waals surface area contributed by atoms with Gasteiger partial charge in [-0.25, -0.2) is 4.98 Å². The molecule has 0 bridgehead atoms. The molecule has 0 unspecified atom stereocenters. The first-order valence-electron chi connectivity index (χ1n) is 6.84. The molecule has 104 valence electrons. The van der Waals surface area contributed by atoms with Crippen LogP contribution in [0.5, 0.6) is 0 Å². The van der Waals surface area contributed by atoms with Crippen LogP contribution in [0.3, 0.4) is 0 Å². The van der Waals surface area contributed by atoms with Gasteiger partial charge in [-0.3, -0.25) is 4.79 Å². The molecule has 0 spiro atoms. The van der Waals surface area contributed by atoms with E-state index in [1.807, 2.05) is 12.1 Å². The lowest BCUT2D eigenvalue weighted by molar-refractivity contribution is 0.0299. The molecule has 0 radical (unpaired) electrons. The predicted octanol–water partition coefficient (Wildman–Crippen LogP) is 1.40. The molecule has 1 saturated heterocycles.